The summed E-state index contributed by atoms with van der Waals surface area (Å²) in [5.74, 6) is 0.202. The number of aromatic nitrogens is 3. The molecular formula is C24H21BrClN3O4S2. The zero-order chi connectivity index (χ0) is 25.3. The zero-order valence-corrected chi connectivity index (χ0v) is 23.1. The van der Waals surface area contributed by atoms with E-state index >= 15 is 0 Å². The molecule has 0 fully saturated rings. The molecule has 4 rings (SSSR count). The Bertz CT molecular complexity index is 1450. The van der Waals surface area contributed by atoms with E-state index in [0.717, 1.165) is 4.88 Å². The number of carbonyl (C=O) groups is 2. The Kier molecular flexibility index (Phi) is 7.56. The van der Waals surface area contributed by atoms with Crippen LogP contribution in [0.25, 0.3) is 11.3 Å². The lowest BCUT2D eigenvalue weighted by molar-refractivity contribution is 0.0736. The van der Waals surface area contributed by atoms with Crippen molar-refractivity contribution in [3.63, 3.8) is 0 Å². The Morgan fingerprint density at radius 1 is 1.20 bits per heavy atom. The van der Waals surface area contributed by atoms with E-state index in [-0.39, 0.29) is 23.8 Å². The Morgan fingerprint density at radius 3 is 2.60 bits per heavy atom. The van der Waals surface area contributed by atoms with Crippen LogP contribution in [0.1, 0.15) is 40.8 Å². The second-order valence-corrected chi connectivity index (χ2v) is 12.3. The third kappa shape index (κ3) is 5.72. The smallest absolute Gasteiger partial charge is 0.253 e. The average Bonchev–Trinajstić information content (AvgIpc) is 3.55. The predicted octanol–water partition coefficient (Wildman–Crippen LogP) is 6.64. The van der Waals surface area contributed by atoms with E-state index in [1.54, 1.807) is 12.1 Å². The normalized spacial score (nSPS) is 11.7. The van der Waals surface area contributed by atoms with Crippen LogP contribution in [0.4, 0.5) is 0 Å². The number of pyridine rings is 1. The van der Waals surface area contributed by atoms with E-state index in [1.807, 2.05) is 39.0 Å². The maximum atomic E-state index is 13.2. The first-order valence-corrected chi connectivity index (χ1v) is 13.5. The number of rotatable bonds is 7. The van der Waals surface area contributed by atoms with Gasteiger partial charge in [-0.1, -0.05) is 32.4 Å². The Balaban J connectivity index is 1.72. The second-order valence-electron chi connectivity index (χ2n) is 8.73. The Hall–Kier alpha value is -2.40. The summed E-state index contributed by atoms with van der Waals surface area (Å²) in [6.07, 6.45) is 2.75. The summed E-state index contributed by atoms with van der Waals surface area (Å²) in [6.45, 7) is 5.33. The van der Waals surface area contributed by atoms with Gasteiger partial charge < -0.3 is 4.42 Å². The molecule has 0 N–H and O–H groups in total. The molecule has 0 aliphatic rings. The number of nitrogens with zero attached hydrogens (tertiary/aromatic N) is 3. The monoisotopic (exact) mass is 593 g/mol. The summed E-state index contributed by atoms with van der Waals surface area (Å²) in [6, 6.07) is 10.2. The standard InChI is InChI=1S/C24H21BrClN3O4S2/c1-24(2,3)23(32)29-21(34-13-15-4-6-19(26)35-15)10-17(27-29)16-5-7-20(31)28(22(16)25)11-18(30)14-8-9-33-12-14/h4-10,12H,11,13H2,1-3H3. The lowest BCUT2D eigenvalue weighted by atomic mass is 9.96. The maximum Gasteiger partial charge on any atom is 0.253 e. The molecule has 0 atom stereocenters. The van der Waals surface area contributed by atoms with Gasteiger partial charge in [0.2, 0.25) is 0 Å². The van der Waals surface area contributed by atoms with E-state index in [0.29, 0.717) is 36.5 Å². The van der Waals surface area contributed by atoms with Crippen molar-refractivity contribution in [1.82, 2.24) is 14.3 Å². The molecule has 4 aromatic rings. The van der Waals surface area contributed by atoms with Crippen LogP contribution in [0.3, 0.4) is 0 Å². The molecule has 0 spiro atoms. The fourth-order valence-corrected chi connectivity index (χ4v) is 5.95. The van der Waals surface area contributed by atoms with Gasteiger partial charge in [0, 0.05) is 27.7 Å². The number of hydrogen-bond acceptors (Lipinski definition) is 7. The molecule has 0 aliphatic carbocycles. The van der Waals surface area contributed by atoms with Gasteiger partial charge in [-0.25, -0.2) is 0 Å². The number of thiophene rings is 1. The molecule has 35 heavy (non-hydrogen) atoms. The zero-order valence-electron chi connectivity index (χ0n) is 19.1. The van der Waals surface area contributed by atoms with Crippen molar-refractivity contribution in [3.05, 3.63) is 78.7 Å². The van der Waals surface area contributed by atoms with E-state index in [1.165, 1.54) is 50.9 Å². The van der Waals surface area contributed by atoms with Gasteiger partial charge in [-0.2, -0.15) is 9.78 Å². The molecule has 4 aromatic heterocycles. The number of carbonyl (C=O) groups excluding carboxylic acids is 2. The van der Waals surface area contributed by atoms with Crippen molar-refractivity contribution >= 4 is 62.3 Å². The van der Waals surface area contributed by atoms with Crippen molar-refractivity contribution < 1.29 is 14.0 Å². The van der Waals surface area contributed by atoms with Crippen molar-refractivity contribution in [3.8, 4) is 11.3 Å². The number of furan rings is 1. The van der Waals surface area contributed by atoms with E-state index in [4.69, 9.17) is 16.0 Å². The topological polar surface area (TPSA) is 87.1 Å². The highest BCUT2D eigenvalue weighted by Gasteiger charge is 2.28. The molecule has 0 saturated carbocycles. The van der Waals surface area contributed by atoms with E-state index in [2.05, 4.69) is 21.0 Å². The van der Waals surface area contributed by atoms with Gasteiger partial charge in [0.25, 0.3) is 11.5 Å². The minimum atomic E-state index is -0.655. The van der Waals surface area contributed by atoms with Crippen LogP contribution in [-0.2, 0) is 12.3 Å². The molecule has 4 heterocycles. The largest absolute Gasteiger partial charge is 0.472 e. The molecule has 0 amide bonds. The summed E-state index contributed by atoms with van der Waals surface area (Å²) in [4.78, 5) is 39.4. The first-order chi connectivity index (χ1) is 16.5. The number of halogens is 2. The van der Waals surface area contributed by atoms with Crippen LogP contribution in [0.5, 0.6) is 0 Å². The van der Waals surface area contributed by atoms with Gasteiger partial charge in [-0.3, -0.25) is 19.0 Å². The molecular weight excluding hydrogens is 574 g/mol. The van der Waals surface area contributed by atoms with Crippen LogP contribution in [0.2, 0.25) is 4.34 Å². The van der Waals surface area contributed by atoms with Gasteiger partial charge in [0.05, 0.1) is 33.0 Å². The SMILES string of the molecule is CC(C)(C)C(=O)n1nc(-c2ccc(=O)n(CC(=O)c3ccoc3)c2Br)cc1SCc1ccc(Cl)s1. The lowest BCUT2D eigenvalue weighted by Crippen LogP contribution is -2.28. The average molecular weight is 595 g/mol. The summed E-state index contributed by atoms with van der Waals surface area (Å²) in [7, 11) is 0. The summed E-state index contributed by atoms with van der Waals surface area (Å²) < 4.78 is 8.82. The second kappa shape index (κ2) is 10.3. The summed E-state index contributed by atoms with van der Waals surface area (Å²) in [5, 5.41) is 5.27. The lowest BCUT2D eigenvalue weighted by Gasteiger charge is -2.17. The first kappa shape index (κ1) is 25.7. The molecule has 182 valence electrons. The minimum absolute atomic E-state index is 0.157. The van der Waals surface area contributed by atoms with Gasteiger partial charge >= 0.3 is 0 Å². The van der Waals surface area contributed by atoms with E-state index in [9.17, 15) is 14.4 Å². The molecule has 7 nitrogen and oxygen atoms in total. The van der Waals surface area contributed by atoms with Crippen molar-refractivity contribution in [1.29, 1.82) is 0 Å². The maximum absolute atomic E-state index is 13.2. The number of thioether (sulfide) groups is 1. The molecule has 0 radical (unpaired) electrons. The molecule has 0 bridgehead atoms. The highest BCUT2D eigenvalue weighted by molar-refractivity contribution is 9.10. The highest BCUT2D eigenvalue weighted by Crippen LogP contribution is 2.34. The number of ketones is 1. The molecule has 11 heteroatoms. The van der Waals surface area contributed by atoms with Crippen LogP contribution in [-0.4, -0.2) is 26.0 Å². The van der Waals surface area contributed by atoms with Gasteiger partial charge in [-0.05, 0) is 46.3 Å². The van der Waals surface area contributed by atoms with Crippen LogP contribution in [0.15, 0.2) is 67.8 Å². The first-order valence-electron chi connectivity index (χ1n) is 10.5. The molecule has 0 unspecified atom stereocenters. The molecule has 0 saturated heterocycles. The highest BCUT2D eigenvalue weighted by atomic mass is 79.9. The van der Waals surface area contributed by atoms with Crippen LogP contribution in [0, 0.1) is 5.41 Å². The van der Waals surface area contributed by atoms with E-state index < -0.39 is 5.41 Å². The van der Waals surface area contributed by atoms with Gasteiger partial charge in [-0.15, -0.1) is 23.1 Å². The van der Waals surface area contributed by atoms with Crippen molar-refractivity contribution in [2.75, 3.05) is 0 Å². The molecule has 0 aromatic carbocycles. The minimum Gasteiger partial charge on any atom is -0.472 e. The molecule has 0 aliphatic heterocycles. The number of Topliss-reactive ketones (excluding diaryl/α,β-unsaturated/α-hetero) is 1. The third-order valence-corrected chi connectivity index (χ3v) is 8.35. The Morgan fingerprint density at radius 2 is 1.97 bits per heavy atom. The van der Waals surface area contributed by atoms with Crippen LogP contribution >= 0.6 is 50.6 Å². The fraction of sp³-hybridized carbons (Fsp3) is 0.250. The summed E-state index contributed by atoms with van der Waals surface area (Å²) >= 11 is 12.5. The number of hydrogen-bond donors (Lipinski definition) is 0. The van der Waals surface area contributed by atoms with Crippen LogP contribution < -0.4 is 5.56 Å². The fourth-order valence-electron chi connectivity index (χ4n) is 3.19. The Labute approximate surface area is 223 Å². The quantitative estimate of drug-likeness (QED) is 0.135. The predicted molar refractivity (Wildman–Crippen MR) is 142 cm³/mol. The van der Waals surface area contributed by atoms with Crippen molar-refractivity contribution in [2.45, 2.75) is 38.1 Å². The van der Waals surface area contributed by atoms with Gasteiger partial charge in [0.15, 0.2) is 5.78 Å². The van der Waals surface area contributed by atoms with Gasteiger partial charge in [0.1, 0.15) is 11.3 Å². The third-order valence-electron chi connectivity index (χ3n) is 5.04. The van der Waals surface area contributed by atoms with Crippen molar-refractivity contribution in [2.24, 2.45) is 5.41 Å². The summed E-state index contributed by atoms with van der Waals surface area (Å²) in [5.41, 5.74) is 0.475.